The van der Waals surface area contributed by atoms with E-state index in [2.05, 4.69) is 214 Å². The molecule has 4 heterocycles. The van der Waals surface area contributed by atoms with Gasteiger partial charge >= 0.3 is 0 Å². The number of fused-ring (bicyclic) bond motifs is 3. The Hall–Kier alpha value is -7.50. The van der Waals surface area contributed by atoms with Crippen LogP contribution in [-0.2, 0) is 13.0 Å². The lowest BCUT2D eigenvalue weighted by atomic mass is 9.94. The Labute approximate surface area is 344 Å². The van der Waals surface area contributed by atoms with Crippen molar-refractivity contribution < 1.29 is 0 Å². The summed E-state index contributed by atoms with van der Waals surface area (Å²) in [6, 6.07) is 61.0. The van der Waals surface area contributed by atoms with Gasteiger partial charge in [0.1, 0.15) is 11.5 Å². The molecule has 5 nitrogen and oxygen atoms in total. The molecule has 9 aromatic rings. The van der Waals surface area contributed by atoms with E-state index in [9.17, 15) is 0 Å². The van der Waals surface area contributed by atoms with Crippen LogP contribution >= 0.6 is 0 Å². The summed E-state index contributed by atoms with van der Waals surface area (Å²) < 4.78 is 4.58. The second kappa shape index (κ2) is 14.8. The third-order valence-corrected chi connectivity index (χ3v) is 11.7. The number of imidazole rings is 2. The molecule has 0 saturated carbocycles. The van der Waals surface area contributed by atoms with Crippen LogP contribution in [0.15, 0.2) is 188 Å². The summed E-state index contributed by atoms with van der Waals surface area (Å²) in [6.45, 7) is 0.909. The third-order valence-electron chi connectivity index (χ3n) is 11.7. The predicted molar refractivity (Wildman–Crippen MR) is 244 cm³/mol. The van der Waals surface area contributed by atoms with Crippen molar-refractivity contribution in [3.63, 3.8) is 0 Å². The first-order valence-corrected chi connectivity index (χ1v) is 20.5. The molecule has 3 aromatic heterocycles. The number of pyridine rings is 1. The molecule has 0 atom stereocenters. The van der Waals surface area contributed by atoms with Gasteiger partial charge < -0.3 is 9.47 Å². The van der Waals surface area contributed by atoms with Gasteiger partial charge in [-0.15, -0.1) is 0 Å². The summed E-state index contributed by atoms with van der Waals surface area (Å²) >= 11 is 0. The highest BCUT2D eigenvalue weighted by Gasteiger charge is 2.22. The largest absolute Gasteiger partial charge is 0.324 e. The SMILES string of the molecule is C1=Cc2cc(-c3nc4ccccn4c3-c3ccc(N(c4ccc(-c5ccccc5)cc4)c4ccc(-c5c(-c6ccccc6)nc6n5CCC=C6)cc4)cc3)ccc2CC1. The fraction of sp³-hybridized carbons (Fsp3) is 0.0741. The van der Waals surface area contributed by atoms with Crippen LogP contribution in [0.1, 0.15) is 29.8 Å². The van der Waals surface area contributed by atoms with Crippen LogP contribution in [0.5, 0.6) is 0 Å². The Bertz CT molecular complexity index is 3010. The monoisotopic (exact) mass is 759 g/mol. The van der Waals surface area contributed by atoms with Crippen molar-refractivity contribution in [2.24, 2.45) is 0 Å². The normalized spacial score (nSPS) is 13.0. The van der Waals surface area contributed by atoms with Crippen LogP contribution in [0.3, 0.4) is 0 Å². The van der Waals surface area contributed by atoms with Crippen LogP contribution in [0, 0.1) is 0 Å². The lowest BCUT2D eigenvalue weighted by Gasteiger charge is -2.26. The Morgan fingerprint density at radius 2 is 1.03 bits per heavy atom. The number of aromatic nitrogens is 4. The molecular formula is C54H41N5. The minimum absolute atomic E-state index is 0.909. The number of hydrogen-bond donors (Lipinski definition) is 0. The molecule has 6 aromatic carbocycles. The van der Waals surface area contributed by atoms with Crippen molar-refractivity contribution in [3.05, 3.63) is 205 Å². The van der Waals surface area contributed by atoms with E-state index in [1.165, 1.54) is 22.3 Å². The number of hydrogen-bond acceptors (Lipinski definition) is 3. The zero-order chi connectivity index (χ0) is 39.1. The molecule has 0 fully saturated rings. The highest BCUT2D eigenvalue weighted by molar-refractivity contribution is 5.87. The van der Waals surface area contributed by atoms with Crippen LogP contribution in [0.4, 0.5) is 17.1 Å². The molecule has 5 heteroatoms. The van der Waals surface area contributed by atoms with Crippen LogP contribution in [0.25, 0.3) is 74.0 Å². The zero-order valence-corrected chi connectivity index (χ0v) is 32.6. The minimum Gasteiger partial charge on any atom is -0.324 e. The Morgan fingerprint density at radius 3 is 1.75 bits per heavy atom. The predicted octanol–water partition coefficient (Wildman–Crippen LogP) is 13.7. The van der Waals surface area contributed by atoms with Gasteiger partial charge in [-0.2, -0.15) is 0 Å². The molecule has 0 radical (unpaired) electrons. The standard InChI is InChI=1S/C54H41N5/c1-3-13-38(14-4-1)40-23-29-46(30-24-40)59(47-31-25-42(26-32-47)53-51(41-16-5-2-6-17-41)55-49-19-9-11-35-57(49)53)48-33-27-43(28-34-48)54-52(56-50-20-10-12-36-58(50)54)45-22-21-39-15-7-8-18-44(39)37-45/h1-6,8-10,12-14,16-34,36-37H,7,11,15,35H2. The molecular weight excluding hydrogens is 719 g/mol. The Morgan fingerprint density at radius 1 is 0.458 bits per heavy atom. The average Bonchev–Trinajstić information content (AvgIpc) is 3.90. The van der Waals surface area contributed by atoms with Gasteiger partial charge in [-0.25, -0.2) is 9.97 Å². The van der Waals surface area contributed by atoms with Gasteiger partial charge in [-0.1, -0.05) is 133 Å². The molecule has 0 saturated heterocycles. The Balaban J connectivity index is 1.01. The van der Waals surface area contributed by atoms with Crippen LogP contribution in [0.2, 0.25) is 0 Å². The van der Waals surface area contributed by atoms with E-state index in [1.54, 1.807) is 0 Å². The number of allylic oxidation sites excluding steroid dienone is 2. The van der Waals surface area contributed by atoms with Gasteiger partial charge in [0, 0.05) is 52.1 Å². The fourth-order valence-corrected chi connectivity index (χ4v) is 8.77. The minimum atomic E-state index is 0.909. The molecule has 59 heavy (non-hydrogen) atoms. The molecule has 0 bridgehead atoms. The number of benzene rings is 6. The average molecular weight is 760 g/mol. The summed E-state index contributed by atoms with van der Waals surface area (Å²) in [5.41, 5.74) is 18.0. The van der Waals surface area contributed by atoms with Gasteiger partial charge in [0.05, 0.1) is 22.8 Å². The van der Waals surface area contributed by atoms with Crippen molar-refractivity contribution in [1.29, 1.82) is 0 Å². The van der Waals surface area contributed by atoms with Crippen molar-refractivity contribution in [3.8, 4) is 56.2 Å². The molecule has 2 aliphatic rings. The van der Waals surface area contributed by atoms with Gasteiger partial charge in [0.15, 0.2) is 0 Å². The van der Waals surface area contributed by atoms with Crippen LogP contribution in [-0.4, -0.2) is 18.9 Å². The molecule has 0 N–H and O–H groups in total. The van der Waals surface area contributed by atoms with E-state index in [0.717, 1.165) is 99.4 Å². The number of rotatable bonds is 8. The smallest absolute Gasteiger partial charge is 0.137 e. The first-order chi connectivity index (χ1) is 29.2. The van der Waals surface area contributed by atoms with E-state index in [4.69, 9.17) is 9.97 Å². The lowest BCUT2D eigenvalue weighted by molar-refractivity contribution is 0.696. The Kier molecular flexibility index (Phi) is 8.70. The quantitative estimate of drug-likeness (QED) is 0.155. The van der Waals surface area contributed by atoms with E-state index < -0.39 is 0 Å². The van der Waals surface area contributed by atoms with Gasteiger partial charge in [-0.3, -0.25) is 4.40 Å². The van der Waals surface area contributed by atoms with E-state index in [-0.39, 0.29) is 0 Å². The van der Waals surface area contributed by atoms with E-state index in [1.807, 2.05) is 0 Å². The van der Waals surface area contributed by atoms with Crippen LogP contribution < -0.4 is 4.90 Å². The molecule has 0 amide bonds. The third kappa shape index (κ3) is 6.38. The van der Waals surface area contributed by atoms with Gasteiger partial charge in [-0.05, 0) is 102 Å². The second-order valence-corrected chi connectivity index (χ2v) is 15.3. The number of anilines is 3. The molecule has 11 rings (SSSR count). The molecule has 0 unspecified atom stereocenters. The molecule has 1 aliphatic heterocycles. The molecule has 282 valence electrons. The van der Waals surface area contributed by atoms with Gasteiger partial charge in [0.25, 0.3) is 0 Å². The summed E-state index contributed by atoms with van der Waals surface area (Å²) in [5.74, 6) is 1.01. The highest BCUT2D eigenvalue weighted by atomic mass is 15.1. The summed E-state index contributed by atoms with van der Waals surface area (Å²) in [6.07, 6.45) is 14.2. The fourth-order valence-electron chi connectivity index (χ4n) is 8.77. The first-order valence-electron chi connectivity index (χ1n) is 20.5. The summed E-state index contributed by atoms with van der Waals surface area (Å²) in [7, 11) is 0. The highest BCUT2D eigenvalue weighted by Crippen LogP contribution is 2.41. The summed E-state index contributed by atoms with van der Waals surface area (Å²) in [5, 5.41) is 0. The van der Waals surface area contributed by atoms with Crippen molar-refractivity contribution in [2.75, 3.05) is 4.90 Å². The summed E-state index contributed by atoms with van der Waals surface area (Å²) in [4.78, 5) is 12.7. The van der Waals surface area contributed by atoms with Crippen molar-refractivity contribution in [1.82, 2.24) is 18.9 Å². The maximum absolute atomic E-state index is 5.19. The van der Waals surface area contributed by atoms with E-state index in [0.29, 0.717) is 0 Å². The maximum atomic E-state index is 5.19. The second-order valence-electron chi connectivity index (χ2n) is 15.3. The number of nitrogens with zero attached hydrogens (tertiary/aromatic N) is 5. The molecule has 1 aliphatic carbocycles. The maximum Gasteiger partial charge on any atom is 0.137 e. The topological polar surface area (TPSA) is 38.4 Å². The van der Waals surface area contributed by atoms with Gasteiger partial charge in [0.2, 0.25) is 0 Å². The van der Waals surface area contributed by atoms with Crippen molar-refractivity contribution >= 4 is 34.9 Å². The van der Waals surface area contributed by atoms with Crippen molar-refractivity contribution in [2.45, 2.75) is 25.8 Å². The lowest BCUT2D eigenvalue weighted by Crippen LogP contribution is -2.10. The molecule has 0 spiro atoms. The van der Waals surface area contributed by atoms with E-state index >= 15 is 0 Å². The number of aryl methyl sites for hydroxylation is 1. The first kappa shape index (κ1) is 34.7. The zero-order valence-electron chi connectivity index (χ0n) is 32.6.